The Balaban J connectivity index is 1.84. The zero-order valence-corrected chi connectivity index (χ0v) is 21.1. The van der Waals surface area contributed by atoms with Crippen molar-refractivity contribution in [3.63, 3.8) is 0 Å². The number of carboxylic acid groups (broad SMARTS) is 1. The third-order valence-electron chi connectivity index (χ3n) is 7.27. The minimum Gasteiger partial charge on any atom is -0.468 e. The first-order valence-electron chi connectivity index (χ1n) is 12.1. The molecule has 1 amide bonds. The molecule has 1 aromatic heterocycles. The van der Waals surface area contributed by atoms with Gasteiger partial charge in [-0.1, -0.05) is 24.3 Å². The van der Waals surface area contributed by atoms with E-state index < -0.39 is 34.1 Å². The molecule has 1 aliphatic heterocycles. The van der Waals surface area contributed by atoms with Gasteiger partial charge in [0, 0.05) is 26.1 Å². The average Bonchev–Trinajstić information content (AvgIpc) is 2.92. The zero-order chi connectivity index (χ0) is 27.4. The van der Waals surface area contributed by atoms with Gasteiger partial charge in [0.25, 0.3) is 0 Å². The molecule has 13 nitrogen and oxygen atoms in total. The minimum absolute atomic E-state index is 0.0106. The topological polar surface area (TPSA) is 172 Å². The predicted octanol–water partition coefficient (Wildman–Crippen LogP) is 2.47. The number of nitro groups is 1. The quantitative estimate of drug-likeness (QED) is 0.320. The molecule has 1 fully saturated rings. The van der Waals surface area contributed by atoms with Crippen LogP contribution >= 0.6 is 0 Å². The second-order valence-corrected chi connectivity index (χ2v) is 9.29. The highest BCUT2D eigenvalue weighted by molar-refractivity contribution is 5.85. The summed E-state index contributed by atoms with van der Waals surface area (Å²) in [5.74, 6) is -0.559. The fourth-order valence-electron chi connectivity index (χ4n) is 5.54. The third-order valence-corrected chi connectivity index (χ3v) is 7.27. The number of carbonyl (C=O) groups excluding carboxylic acids is 1. The van der Waals surface area contributed by atoms with Gasteiger partial charge in [-0.3, -0.25) is 14.9 Å². The lowest BCUT2D eigenvalue weighted by Crippen LogP contribution is -2.55. The molecule has 38 heavy (non-hydrogen) atoms. The molecule has 4 rings (SSSR count). The van der Waals surface area contributed by atoms with Gasteiger partial charge < -0.3 is 24.4 Å². The number of ether oxygens (including phenoxy) is 2. The van der Waals surface area contributed by atoms with Crippen molar-refractivity contribution in [1.29, 1.82) is 5.26 Å². The molecule has 1 unspecified atom stereocenters. The van der Waals surface area contributed by atoms with Crippen LogP contribution in [-0.4, -0.2) is 76.9 Å². The van der Waals surface area contributed by atoms with Gasteiger partial charge >= 0.3 is 23.8 Å². The number of hydrogen-bond acceptors (Lipinski definition) is 10. The van der Waals surface area contributed by atoms with E-state index in [4.69, 9.17) is 9.47 Å². The fraction of sp³-hybridized carbons (Fsp3) is 0.480. The summed E-state index contributed by atoms with van der Waals surface area (Å²) in [6.45, 7) is 0.158. The van der Waals surface area contributed by atoms with Crippen molar-refractivity contribution in [2.45, 2.75) is 43.6 Å². The predicted molar refractivity (Wildman–Crippen MR) is 133 cm³/mol. The van der Waals surface area contributed by atoms with Crippen LogP contribution in [0.2, 0.25) is 0 Å². The van der Waals surface area contributed by atoms with Crippen LogP contribution in [-0.2, 0) is 27.8 Å². The number of nitrogens with zero attached hydrogens (tertiary/aromatic N) is 6. The molecule has 2 aliphatic rings. The Bertz CT molecular complexity index is 1300. The molecule has 1 aliphatic carbocycles. The van der Waals surface area contributed by atoms with Crippen molar-refractivity contribution >= 4 is 23.6 Å². The number of amides is 1. The van der Waals surface area contributed by atoms with Crippen molar-refractivity contribution in [1.82, 2.24) is 14.9 Å². The second-order valence-electron chi connectivity index (χ2n) is 9.29. The average molecular weight is 525 g/mol. The Kier molecular flexibility index (Phi) is 7.61. The summed E-state index contributed by atoms with van der Waals surface area (Å²) in [6, 6.07) is 8.63. The highest BCUT2D eigenvalue weighted by Crippen LogP contribution is 2.44. The number of piperazine rings is 1. The first-order valence-corrected chi connectivity index (χ1v) is 12.1. The first kappa shape index (κ1) is 26.6. The van der Waals surface area contributed by atoms with Crippen LogP contribution in [0.5, 0.6) is 6.01 Å². The molecule has 2 aromatic rings. The maximum Gasteiger partial charge on any atom is 0.407 e. The lowest BCUT2D eigenvalue weighted by atomic mass is 9.67. The van der Waals surface area contributed by atoms with Gasteiger partial charge in [-0.25, -0.2) is 4.79 Å². The molecule has 13 heteroatoms. The van der Waals surface area contributed by atoms with Crippen LogP contribution in [0, 0.1) is 21.4 Å². The van der Waals surface area contributed by atoms with Gasteiger partial charge in [-0.15, -0.1) is 0 Å². The second kappa shape index (κ2) is 10.9. The van der Waals surface area contributed by atoms with Crippen molar-refractivity contribution in [3.8, 4) is 12.1 Å². The van der Waals surface area contributed by atoms with E-state index in [0.717, 1.165) is 22.4 Å². The van der Waals surface area contributed by atoms with E-state index in [1.807, 2.05) is 30.3 Å². The summed E-state index contributed by atoms with van der Waals surface area (Å²) < 4.78 is 10.5. The Morgan fingerprint density at radius 1 is 1.29 bits per heavy atom. The van der Waals surface area contributed by atoms with E-state index in [2.05, 4.69) is 9.97 Å². The van der Waals surface area contributed by atoms with Crippen LogP contribution in [0.3, 0.4) is 0 Å². The van der Waals surface area contributed by atoms with E-state index >= 15 is 0 Å². The fourth-order valence-corrected chi connectivity index (χ4v) is 5.54. The van der Waals surface area contributed by atoms with E-state index in [0.29, 0.717) is 12.8 Å². The van der Waals surface area contributed by atoms with Crippen molar-refractivity contribution < 1.29 is 29.1 Å². The molecule has 200 valence electrons. The van der Waals surface area contributed by atoms with E-state index in [1.54, 1.807) is 4.90 Å². The minimum atomic E-state index is -1.20. The molecule has 1 aromatic carbocycles. The summed E-state index contributed by atoms with van der Waals surface area (Å²) in [6.07, 6.45) is 0.489. The Morgan fingerprint density at radius 3 is 2.71 bits per heavy atom. The molecule has 0 radical (unpaired) electrons. The maximum atomic E-state index is 13.3. The summed E-state index contributed by atoms with van der Waals surface area (Å²) in [5.41, 5.74) is 0.136. The Morgan fingerprint density at radius 2 is 2.05 bits per heavy atom. The van der Waals surface area contributed by atoms with E-state index in [9.17, 15) is 30.1 Å². The van der Waals surface area contributed by atoms with Crippen LogP contribution in [0.1, 0.15) is 36.1 Å². The van der Waals surface area contributed by atoms with Gasteiger partial charge in [0.1, 0.15) is 5.69 Å². The lowest BCUT2D eigenvalue weighted by Gasteiger charge is -2.39. The summed E-state index contributed by atoms with van der Waals surface area (Å²) in [5, 5.41) is 31.2. The number of anilines is 1. The number of carbonyl (C=O) groups is 2. The Hall–Kier alpha value is -4.47. The highest BCUT2D eigenvalue weighted by Gasteiger charge is 2.47. The smallest absolute Gasteiger partial charge is 0.407 e. The molecule has 0 bridgehead atoms. The van der Waals surface area contributed by atoms with E-state index in [-0.39, 0.29) is 50.0 Å². The van der Waals surface area contributed by atoms with Gasteiger partial charge in [0.15, 0.2) is 0 Å². The lowest BCUT2D eigenvalue weighted by molar-refractivity contribution is -0.385. The summed E-state index contributed by atoms with van der Waals surface area (Å²) >= 11 is 0. The van der Waals surface area contributed by atoms with Crippen molar-refractivity contribution in [2.75, 3.05) is 38.8 Å². The summed E-state index contributed by atoms with van der Waals surface area (Å²) in [7, 11) is 2.63. The monoisotopic (exact) mass is 524 g/mol. The van der Waals surface area contributed by atoms with Crippen molar-refractivity contribution in [2.24, 2.45) is 0 Å². The number of hydrogen-bond donors (Lipinski definition) is 1. The maximum absolute atomic E-state index is 13.3. The highest BCUT2D eigenvalue weighted by atomic mass is 16.6. The van der Waals surface area contributed by atoms with Crippen LogP contribution in [0.15, 0.2) is 24.3 Å². The van der Waals surface area contributed by atoms with Gasteiger partial charge in [-0.2, -0.15) is 15.2 Å². The molecule has 0 saturated carbocycles. The number of methoxy groups -OCH3 is 2. The number of esters is 1. The van der Waals surface area contributed by atoms with E-state index in [1.165, 1.54) is 14.2 Å². The molecule has 2 atom stereocenters. The normalized spacial score (nSPS) is 20.7. The number of nitriles is 1. The standard InChI is InChI=1S/C25H28N6O7/c1-37-22(32)25(10-5-7-16-6-3-4-8-18(16)25)14-19-20(31(35)36)21(28-23(27-19)38-2)29-12-13-30(24(33)34)17(15-29)9-11-26/h3-4,6,8,17H,5,7,9-10,12-15H2,1-2H3,(H,33,34)/t17-,25?/m0/s1. The van der Waals surface area contributed by atoms with Crippen LogP contribution in [0.25, 0.3) is 0 Å². The third kappa shape index (κ3) is 4.77. The number of benzene rings is 1. The van der Waals surface area contributed by atoms with Gasteiger partial charge in [-0.05, 0) is 30.4 Å². The molecular weight excluding hydrogens is 496 g/mol. The number of aryl methyl sites for hydroxylation is 1. The van der Waals surface area contributed by atoms with Crippen LogP contribution in [0.4, 0.5) is 16.3 Å². The SMILES string of the molecule is COC(=O)C1(Cc2nc(OC)nc(N3CCN(C(=O)O)[C@@H](CC#N)C3)c2[N+](=O)[O-])CCCc2ccccc21. The zero-order valence-electron chi connectivity index (χ0n) is 21.1. The molecular formula is C25H28N6O7. The molecule has 1 N–H and O–H groups in total. The molecule has 0 spiro atoms. The van der Waals surface area contributed by atoms with Crippen molar-refractivity contribution in [3.05, 3.63) is 51.2 Å². The number of rotatable bonds is 7. The summed E-state index contributed by atoms with van der Waals surface area (Å²) in [4.78, 5) is 48.2. The first-order chi connectivity index (χ1) is 18.2. The Labute approximate surface area is 218 Å². The molecule has 1 saturated heterocycles. The van der Waals surface area contributed by atoms with Gasteiger partial charge in [0.05, 0.1) is 43.1 Å². The van der Waals surface area contributed by atoms with Crippen LogP contribution < -0.4 is 9.64 Å². The number of fused-ring (bicyclic) bond motifs is 1. The van der Waals surface area contributed by atoms with Gasteiger partial charge in [0.2, 0.25) is 5.82 Å². The largest absolute Gasteiger partial charge is 0.468 e. The number of aromatic nitrogens is 2. The molecule has 2 heterocycles.